The van der Waals surface area contributed by atoms with Gasteiger partial charge in [-0.15, -0.1) is 0 Å². The van der Waals surface area contributed by atoms with E-state index in [-0.39, 0.29) is 5.56 Å². The number of anilines is 1. The van der Waals surface area contributed by atoms with E-state index >= 15 is 0 Å². The average molecular weight is 222 g/mol. The van der Waals surface area contributed by atoms with Crippen LogP contribution >= 0.6 is 0 Å². The first-order valence-corrected chi connectivity index (χ1v) is 5.65. The lowest BCUT2D eigenvalue weighted by atomic mass is 10.0. The Balaban J connectivity index is 1.97. The molecule has 1 aromatic heterocycles. The molecule has 0 atom stereocenters. The molecule has 1 aliphatic rings. The van der Waals surface area contributed by atoms with Crippen LogP contribution in [0.3, 0.4) is 0 Å². The number of nitrogens with zero attached hydrogens (tertiary/aromatic N) is 1. The summed E-state index contributed by atoms with van der Waals surface area (Å²) in [7, 11) is 0. The molecule has 0 aromatic carbocycles. The highest BCUT2D eigenvalue weighted by Crippen LogP contribution is 2.48. The van der Waals surface area contributed by atoms with Crippen LogP contribution in [0.5, 0.6) is 0 Å². The second-order valence-electron chi connectivity index (χ2n) is 4.61. The number of H-pyrrole nitrogens is 1. The van der Waals surface area contributed by atoms with E-state index in [4.69, 9.17) is 5.73 Å². The molecule has 1 aliphatic carbocycles. The van der Waals surface area contributed by atoms with Gasteiger partial charge in [-0.1, -0.05) is 0 Å². The summed E-state index contributed by atoms with van der Waals surface area (Å²) < 4.78 is 0. The van der Waals surface area contributed by atoms with Crippen LogP contribution in [0.2, 0.25) is 0 Å². The zero-order chi connectivity index (χ0) is 11.6. The monoisotopic (exact) mass is 222 g/mol. The Morgan fingerprint density at radius 1 is 1.62 bits per heavy atom. The molecule has 1 aromatic rings. The summed E-state index contributed by atoms with van der Waals surface area (Å²) in [6, 6.07) is 1.49. The Hall–Kier alpha value is -1.36. The topological polar surface area (TPSA) is 83.8 Å². The van der Waals surface area contributed by atoms with Gasteiger partial charge in [0.15, 0.2) is 0 Å². The van der Waals surface area contributed by atoms with Gasteiger partial charge in [-0.25, -0.2) is 4.98 Å². The normalized spacial score (nSPS) is 17.1. The van der Waals surface area contributed by atoms with Gasteiger partial charge in [0, 0.05) is 12.6 Å². The highest BCUT2D eigenvalue weighted by molar-refractivity contribution is 5.33. The molecule has 5 nitrogen and oxygen atoms in total. The molecule has 1 fully saturated rings. The Kier molecular flexibility index (Phi) is 2.96. The van der Waals surface area contributed by atoms with Crippen LogP contribution in [-0.2, 0) is 0 Å². The highest BCUT2D eigenvalue weighted by atomic mass is 16.1. The molecule has 0 bridgehead atoms. The number of rotatable bonds is 5. The number of nitrogens with one attached hydrogen (secondary N) is 2. The van der Waals surface area contributed by atoms with Gasteiger partial charge < -0.3 is 16.0 Å². The Morgan fingerprint density at radius 2 is 2.38 bits per heavy atom. The second kappa shape index (κ2) is 4.25. The zero-order valence-corrected chi connectivity index (χ0v) is 9.55. The van der Waals surface area contributed by atoms with Crippen molar-refractivity contribution >= 4 is 5.82 Å². The Labute approximate surface area is 94.5 Å². The summed E-state index contributed by atoms with van der Waals surface area (Å²) in [4.78, 5) is 18.1. The molecule has 16 heavy (non-hydrogen) atoms. The lowest BCUT2D eigenvalue weighted by molar-refractivity contribution is 0.500. The van der Waals surface area contributed by atoms with Crippen LogP contribution in [0.1, 0.15) is 25.1 Å². The van der Waals surface area contributed by atoms with Gasteiger partial charge >= 0.3 is 0 Å². The first kappa shape index (κ1) is 11.1. The maximum absolute atomic E-state index is 11.2. The van der Waals surface area contributed by atoms with Crippen LogP contribution in [0.4, 0.5) is 5.82 Å². The van der Waals surface area contributed by atoms with Crippen LogP contribution in [0, 0.1) is 12.3 Å². The maximum Gasteiger partial charge on any atom is 0.252 e. The summed E-state index contributed by atoms with van der Waals surface area (Å²) in [6.07, 6.45) is 3.49. The van der Waals surface area contributed by atoms with E-state index in [1.165, 1.54) is 18.9 Å². The highest BCUT2D eigenvalue weighted by Gasteiger charge is 2.41. The van der Waals surface area contributed by atoms with Crippen LogP contribution in [-0.4, -0.2) is 23.1 Å². The van der Waals surface area contributed by atoms with Gasteiger partial charge in [0.05, 0.1) is 0 Å². The molecule has 1 heterocycles. The first-order valence-electron chi connectivity index (χ1n) is 5.65. The van der Waals surface area contributed by atoms with Crippen LogP contribution in [0.25, 0.3) is 0 Å². The number of aromatic amines is 1. The third-order valence-electron chi connectivity index (χ3n) is 3.14. The molecular formula is C11H18N4O. The minimum atomic E-state index is -0.112. The fourth-order valence-corrected chi connectivity index (χ4v) is 1.95. The number of aromatic nitrogens is 2. The molecule has 0 radical (unpaired) electrons. The Morgan fingerprint density at radius 3 is 2.94 bits per heavy atom. The summed E-state index contributed by atoms with van der Waals surface area (Å²) in [6.45, 7) is 3.36. The molecule has 0 spiro atoms. The fourth-order valence-electron chi connectivity index (χ4n) is 1.95. The number of aryl methyl sites for hydroxylation is 1. The molecule has 5 heteroatoms. The molecule has 0 saturated heterocycles. The lowest BCUT2D eigenvalue weighted by Crippen LogP contribution is -2.21. The summed E-state index contributed by atoms with van der Waals surface area (Å²) >= 11 is 0. The first-order chi connectivity index (χ1) is 7.63. The summed E-state index contributed by atoms with van der Waals surface area (Å²) in [5.74, 6) is 1.29. The van der Waals surface area contributed by atoms with E-state index in [2.05, 4.69) is 15.3 Å². The summed E-state index contributed by atoms with van der Waals surface area (Å²) in [5, 5.41) is 3.23. The van der Waals surface area contributed by atoms with Gasteiger partial charge in [-0.3, -0.25) is 4.79 Å². The average Bonchev–Trinajstić information content (AvgIpc) is 2.95. The molecule has 0 aliphatic heterocycles. The molecule has 4 N–H and O–H groups in total. The van der Waals surface area contributed by atoms with Gasteiger partial charge in [-0.05, 0) is 38.1 Å². The van der Waals surface area contributed by atoms with Crippen molar-refractivity contribution in [2.24, 2.45) is 11.1 Å². The van der Waals surface area contributed by atoms with Gasteiger partial charge in [0.2, 0.25) is 0 Å². The largest absolute Gasteiger partial charge is 0.369 e. The summed E-state index contributed by atoms with van der Waals surface area (Å²) in [5.41, 5.74) is 5.82. The minimum Gasteiger partial charge on any atom is -0.369 e. The van der Waals surface area contributed by atoms with Gasteiger partial charge in [0.25, 0.3) is 5.56 Å². The minimum absolute atomic E-state index is 0.112. The van der Waals surface area contributed by atoms with Crippen molar-refractivity contribution < 1.29 is 0 Å². The zero-order valence-electron chi connectivity index (χ0n) is 9.55. The van der Waals surface area contributed by atoms with Crippen molar-refractivity contribution in [1.29, 1.82) is 0 Å². The third kappa shape index (κ3) is 2.61. The van der Waals surface area contributed by atoms with E-state index < -0.39 is 0 Å². The van der Waals surface area contributed by atoms with E-state index in [1.54, 1.807) is 6.92 Å². The fraction of sp³-hybridized carbons (Fsp3) is 0.636. The molecule has 88 valence electrons. The van der Waals surface area contributed by atoms with E-state index in [0.717, 1.165) is 19.5 Å². The predicted molar refractivity (Wildman–Crippen MR) is 63.4 cm³/mol. The predicted octanol–water partition coefficient (Wildman–Crippen LogP) is 0.619. The number of hydrogen-bond donors (Lipinski definition) is 3. The number of nitrogens with two attached hydrogens (primary N) is 1. The standard InChI is InChI=1S/C11H18N4O/c1-8-14-9(6-10(16)15-8)13-7-11(2-3-11)4-5-12/h6H,2-5,7,12H2,1H3,(H2,13,14,15,16). The van der Waals surface area contributed by atoms with Crippen molar-refractivity contribution in [2.45, 2.75) is 26.2 Å². The molecular weight excluding hydrogens is 204 g/mol. The van der Waals surface area contributed by atoms with Crippen molar-refractivity contribution in [3.05, 3.63) is 22.2 Å². The lowest BCUT2D eigenvalue weighted by Gasteiger charge is -2.15. The number of hydrogen-bond acceptors (Lipinski definition) is 4. The van der Waals surface area contributed by atoms with E-state index in [9.17, 15) is 4.79 Å². The molecule has 1 saturated carbocycles. The van der Waals surface area contributed by atoms with Gasteiger partial charge in [-0.2, -0.15) is 0 Å². The van der Waals surface area contributed by atoms with Crippen molar-refractivity contribution in [3.8, 4) is 0 Å². The molecule has 0 unspecified atom stereocenters. The maximum atomic E-state index is 11.2. The second-order valence-corrected chi connectivity index (χ2v) is 4.61. The quantitative estimate of drug-likeness (QED) is 0.682. The molecule has 2 rings (SSSR count). The van der Waals surface area contributed by atoms with Crippen LogP contribution < -0.4 is 16.6 Å². The Bertz CT molecular complexity index is 422. The van der Waals surface area contributed by atoms with Crippen LogP contribution in [0.15, 0.2) is 10.9 Å². The SMILES string of the molecule is Cc1nc(NCC2(CCN)CC2)cc(=O)[nH]1. The van der Waals surface area contributed by atoms with Crippen molar-refractivity contribution in [2.75, 3.05) is 18.4 Å². The smallest absolute Gasteiger partial charge is 0.252 e. The van der Waals surface area contributed by atoms with E-state index in [0.29, 0.717) is 17.1 Å². The third-order valence-corrected chi connectivity index (χ3v) is 3.14. The van der Waals surface area contributed by atoms with Crippen molar-refractivity contribution in [1.82, 2.24) is 9.97 Å². The molecule has 0 amide bonds. The van der Waals surface area contributed by atoms with Gasteiger partial charge in [0.1, 0.15) is 11.6 Å². The van der Waals surface area contributed by atoms with Crippen molar-refractivity contribution in [3.63, 3.8) is 0 Å². The van der Waals surface area contributed by atoms with E-state index in [1.807, 2.05) is 0 Å².